The van der Waals surface area contributed by atoms with Crippen LogP contribution in [0.1, 0.15) is 51.8 Å². The number of ether oxygens (including phenoxy) is 4. The number of allylic oxidation sites excluding steroid dienone is 1. The smallest absolute Gasteiger partial charge is 0.344 e. The molecule has 0 spiro atoms. The van der Waals surface area contributed by atoms with E-state index in [-0.39, 0.29) is 37.1 Å². The van der Waals surface area contributed by atoms with Crippen molar-refractivity contribution in [2.24, 2.45) is 4.99 Å². The number of hydrogen-bond acceptors (Lipinski definition) is 9. The third kappa shape index (κ3) is 6.34. The number of hydrogen-bond donors (Lipinski definition) is 0. The lowest BCUT2D eigenvalue weighted by atomic mass is 9.95. The lowest BCUT2D eigenvalue weighted by Gasteiger charge is -2.26. The van der Waals surface area contributed by atoms with Crippen molar-refractivity contribution in [3.05, 3.63) is 90.6 Å². The number of para-hydroxylation sites is 1. The van der Waals surface area contributed by atoms with Crippen LogP contribution in [0, 0.1) is 0 Å². The summed E-state index contributed by atoms with van der Waals surface area (Å²) in [4.78, 5) is 43.9. The van der Waals surface area contributed by atoms with Gasteiger partial charge in [0, 0.05) is 5.56 Å². The molecule has 10 heteroatoms. The van der Waals surface area contributed by atoms with E-state index in [0.717, 1.165) is 0 Å². The van der Waals surface area contributed by atoms with Crippen molar-refractivity contribution in [1.82, 2.24) is 4.57 Å². The Morgan fingerprint density at radius 2 is 1.82 bits per heavy atom. The third-order valence-corrected chi connectivity index (χ3v) is 6.89. The Labute approximate surface area is 236 Å². The van der Waals surface area contributed by atoms with Gasteiger partial charge >= 0.3 is 11.9 Å². The lowest BCUT2D eigenvalue weighted by molar-refractivity contribution is -0.145. The predicted octanol–water partition coefficient (Wildman–Crippen LogP) is 3.53. The highest BCUT2D eigenvalue weighted by Gasteiger charge is 2.35. The van der Waals surface area contributed by atoms with Gasteiger partial charge in [-0.1, -0.05) is 41.7 Å². The molecule has 1 aromatic heterocycles. The monoisotopic (exact) mass is 564 g/mol. The normalized spacial score (nSPS) is 14.9. The number of carbonyl (C=O) groups is 2. The van der Waals surface area contributed by atoms with Crippen LogP contribution in [-0.2, 0) is 19.1 Å². The van der Waals surface area contributed by atoms with E-state index in [1.807, 2.05) is 44.2 Å². The molecule has 0 N–H and O–H groups in total. The van der Waals surface area contributed by atoms with E-state index in [1.165, 1.54) is 15.9 Å². The highest BCUT2D eigenvalue weighted by atomic mass is 32.1. The molecule has 9 nitrogen and oxygen atoms in total. The highest BCUT2D eigenvalue weighted by molar-refractivity contribution is 7.07. The zero-order valence-corrected chi connectivity index (χ0v) is 23.9. The fraction of sp³-hybridized carbons (Fsp3) is 0.333. The van der Waals surface area contributed by atoms with Crippen LogP contribution in [-0.4, -0.2) is 42.4 Å². The first kappa shape index (κ1) is 28.8. The Hall–Kier alpha value is -4.18. The molecule has 40 heavy (non-hydrogen) atoms. The van der Waals surface area contributed by atoms with E-state index >= 15 is 0 Å². The van der Waals surface area contributed by atoms with E-state index in [0.29, 0.717) is 37.7 Å². The van der Waals surface area contributed by atoms with Gasteiger partial charge in [-0.15, -0.1) is 0 Å². The average molecular weight is 565 g/mol. The summed E-state index contributed by atoms with van der Waals surface area (Å²) in [7, 11) is 0. The molecule has 1 aliphatic heterocycles. The minimum absolute atomic E-state index is 0.119. The number of fused-ring (bicyclic) bond motifs is 1. The van der Waals surface area contributed by atoms with Gasteiger partial charge in [-0.05, 0) is 64.5 Å². The topological polar surface area (TPSA) is 105 Å². The fourth-order valence-electron chi connectivity index (χ4n) is 4.34. The van der Waals surface area contributed by atoms with Gasteiger partial charge in [0.2, 0.25) is 0 Å². The summed E-state index contributed by atoms with van der Waals surface area (Å²) in [5.41, 5.74) is 1.82. The molecule has 2 aromatic carbocycles. The van der Waals surface area contributed by atoms with Gasteiger partial charge in [0.1, 0.15) is 17.5 Å². The fourth-order valence-corrected chi connectivity index (χ4v) is 5.39. The first-order valence-electron chi connectivity index (χ1n) is 13.1. The Kier molecular flexibility index (Phi) is 9.21. The van der Waals surface area contributed by atoms with Crippen LogP contribution < -0.4 is 24.4 Å². The van der Waals surface area contributed by atoms with Crippen molar-refractivity contribution in [1.29, 1.82) is 0 Å². The Morgan fingerprint density at radius 1 is 1.07 bits per heavy atom. The first-order valence-corrected chi connectivity index (χ1v) is 13.9. The van der Waals surface area contributed by atoms with Crippen LogP contribution in [0.2, 0.25) is 0 Å². The van der Waals surface area contributed by atoms with Crippen molar-refractivity contribution < 1.29 is 28.5 Å². The van der Waals surface area contributed by atoms with Crippen LogP contribution in [0.3, 0.4) is 0 Å². The molecular weight excluding hydrogens is 532 g/mol. The summed E-state index contributed by atoms with van der Waals surface area (Å²) >= 11 is 1.22. The summed E-state index contributed by atoms with van der Waals surface area (Å²) in [6, 6.07) is 13.6. The molecule has 0 saturated heterocycles. The molecule has 1 atom stereocenters. The number of esters is 2. The molecule has 0 radical (unpaired) electrons. The van der Waals surface area contributed by atoms with Crippen molar-refractivity contribution in [3.8, 4) is 11.5 Å². The molecule has 0 aliphatic carbocycles. The first-order chi connectivity index (χ1) is 19.2. The maximum atomic E-state index is 13.9. The van der Waals surface area contributed by atoms with Gasteiger partial charge in [-0.25, -0.2) is 14.6 Å². The Morgan fingerprint density at radius 3 is 2.55 bits per heavy atom. The quantitative estimate of drug-likeness (QED) is 0.347. The number of aromatic nitrogens is 1. The van der Waals surface area contributed by atoms with Gasteiger partial charge in [0.25, 0.3) is 5.56 Å². The summed E-state index contributed by atoms with van der Waals surface area (Å²) in [6.45, 7) is 9.28. The maximum absolute atomic E-state index is 13.9. The van der Waals surface area contributed by atoms with Gasteiger partial charge in [-0.2, -0.15) is 0 Å². The van der Waals surface area contributed by atoms with Crippen molar-refractivity contribution in [2.45, 2.75) is 46.8 Å². The van der Waals surface area contributed by atoms with Crippen LogP contribution in [0.4, 0.5) is 0 Å². The van der Waals surface area contributed by atoms with E-state index in [4.69, 9.17) is 18.9 Å². The van der Waals surface area contributed by atoms with E-state index in [2.05, 4.69) is 4.99 Å². The molecule has 2 heterocycles. The second-order valence-corrected chi connectivity index (χ2v) is 10.2. The Balaban J connectivity index is 1.83. The van der Waals surface area contributed by atoms with Crippen LogP contribution >= 0.6 is 11.3 Å². The standard InChI is InChI=1S/C30H32N2O7S/c1-6-36-25(33)17-38-21-12-10-11-20(15-21)16-24-28(34)32-27(22-13-8-9-14-23(22)39-18(3)4)26(29(35)37-7-2)19(5)31-30(32)40-24/h8-16,18,27H,6-7,17H2,1-5H3. The molecule has 0 fully saturated rings. The Bertz CT molecular complexity index is 1620. The predicted molar refractivity (Wildman–Crippen MR) is 151 cm³/mol. The highest BCUT2D eigenvalue weighted by Crippen LogP contribution is 2.36. The molecule has 0 bridgehead atoms. The van der Waals surface area contributed by atoms with Crippen molar-refractivity contribution in [2.75, 3.05) is 19.8 Å². The summed E-state index contributed by atoms with van der Waals surface area (Å²) in [5.74, 6) is 0.0391. The largest absolute Gasteiger partial charge is 0.491 e. The van der Waals surface area contributed by atoms with Crippen molar-refractivity contribution >= 4 is 29.4 Å². The summed E-state index contributed by atoms with van der Waals surface area (Å²) in [6.07, 6.45) is 1.62. The minimum Gasteiger partial charge on any atom is -0.491 e. The van der Waals surface area contributed by atoms with Gasteiger partial charge in [0.05, 0.1) is 35.1 Å². The number of benzene rings is 2. The summed E-state index contributed by atoms with van der Waals surface area (Å²) < 4.78 is 23.9. The van der Waals surface area contributed by atoms with E-state index in [1.54, 1.807) is 45.0 Å². The summed E-state index contributed by atoms with van der Waals surface area (Å²) in [5, 5.41) is 0. The van der Waals surface area contributed by atoms with Crippen LogP contribution in [0.5, 0.6) is 11.5 Å². The molecule has 1 unspecified atom stereocenters. The van der Waals surface area contributed by atoms with E-state index < -0.39 is 18.0 Å². The molecular formula is C30H32N2O7S. The molecule has 1 aliphatic rings. The molecule has 210 valence electrons. The molecule has 0 saturated carbocycles. The second kappa shape index (κ2) is 12.8. The molecule has 0 amide bonds. The number of carbonyl (C=O) groups excluding carboxylic acids is 2. The number of nitrogens with zero attached hydrogens (tertiary/aromatic N) is 2. The lowest BCUT2D eigenvalue weighted by Crippen LogP contribution is -2.40. The second-order valence-electron chi connectivity index (χ2n) is 9.17. The zero-order chi connectivity index (χ0) is 28.8. The third-order valence-electron chi connectivity index (χ3n) is 5.91. The number of rotatable bonds is 10. The molecule has 4 rings (SSSR count). The van der Waals surface area contributed by atoms with Gasteiger partial charge in [-0.3, -0.25) is 9.36 Å². The van der Waals surface area contributed by atoms with Crippen LogP contribution in [0.15, 0.2) is 69.6 Å². The maximum Gasteiger partial charge on any atom is 0.344 e. The van der Waals surface area contributed by atoms with Crippen molar-refractivity contribution in [3.63, 3.8) is 0 Å². The minimum atomic E-state index is -0.786. The molecule has 3 aromatic rings. The number of thiazole rings is 1. The zero-order valence-electron chi connectivity index (χ0n) is 23.1. The average Bonchev–Trinajstić information content (AvgIpc) is 3.21. The van der Waals surface area contributed by atoms with Crippen LogP contribution in [0.25, 0.3) is 6.08 Å². The van der Waals surface area contributed by atoms with Gasteiger partial charge in [0.15, 0.2) is 11.4 Å². The van der Waals surface area contributed by atoms with Gasteiger partial charge < -0.3 is 18.9 Å². The van der Waals surface area contributed by atoms with E-state index in [9.17, 15) is 14.4 Å². The SMILES string of the molecule is CCOC(=O)COc1cccc(C=c2sc3n(c2=O)C(c2ccccc2OC(C)C)C(C(=O)OCC)=C(C)N=3)c1.